The van der Waals surface area contributed by atoms with Gasteiger partial charge in [-0.15, -0.1) is 0 Å². The molecule has 0 bridgehead atoms. The molecule has 0 radical (unpaired) electrons. The third kappa shape index (κ3) is 3.05. The number of rotatable bonds is 2. The molecule has 0 aliphatic heterocycles. The Bertz CT molecular complexity index is 956. The number of benzene rings is 2. The van der Waals surface area contributed by atoms with Crippen LogP contribution in [0.15, 0.2) is 34.7 Å². The van der Waals surface area contributed by atoms with Gasteiger partial charge in [0.05, 0.1) is 12.7 Å². The van der Waals surface area contributed by atoms with Gasteiger partial charge in [-0.3, -0.25) is 0 Å². The van der Waals surface area contributed by atoms with E-state index in [1.165, 1.54) is 0 Å². The average molecular weight is 353 g/mol. The zero-order valence-corrected chi connectivity index (χ0v) is 16.6. The lowest BCUT2D eigenvalue weighted by Gasteiger charge is -2.25. The van der Waals surface area contributed by atoms with E-state index in [1.54, 1.807) is 7.11 Å². The monoisotopic (exact) mass is 353 g/mol. The van der Waals surface area contributed by atoms with Crippen molar-refractivity contribution in [2.24, 2.45) is 0 Å². The molecule has 0 aliphatic rings. The van der Waals surface area contributed by atoms with E-state index < -0.39 is 0 Å². The Morgan fingerprint density at radius 1 is 0.962 bits per heavy atom. The van der Waals surface area contributed by atoms with Crippen molar-refractivity contribution in [1.29, 1.82) is 0 Å². The fourth-order valence-electron chi connectivity index (χ4n) is 3.15. The summed E-state index contributed by atoms with van der Waals surface area (Å²) in [6.45, 7) is 12.7. The van der Waals surface area contributed by atoms with Gasteiger partial charge in [0, 0.05) is 5.56 Å². The zero-order chi connectivity index (χ0) is 19.3. The van der Waals surface area contributed by atoms with Crippen LogP contribution in [0.25, 0.3) is 22.6 Å². The SMILES string of the molecule is COc1ccccc1-c1nc2c(C(C)(C)C)cc(C(C)(C)C)c(O)c2o1. The number of aromatic nitrogens is 1. The molecular formula is C22H27NO3. The van der Waals surface area contributed by atoms with Crippen LogP contribution in [0.5, 0.6) is 11.5 Å². The van der Waals surface area contributed by atoms with Crippen LogP contribution in [-0.4, -0.2) is 17.2 Å². The highest BCUT2D eigenvalue weighted by Crippen LogP contribution is 2.44. The number of oxazole rings is 1. The maximum atomic E-state index is 10.9. The van der Waals surface area contributed by atoms with Gasteiger partial charge in [-0.1, -0.05) is 53.7 Å². The number of hydrogen-bond acceptors (Lipinski definition) is 4. The van der Waals surface area contributed by atoms with E-state index in [9.17, 15) is 5.11 Å². The quantitative estimate of drug-likeness (QED) is 0.632. The van der Waals surface area contributed by atoms with Crippen molar-refractivity contribution in [3.05, 3.63) is 41.5 Å². The minimum absolute atomic E-state index is 0.138. The third-order valence-corrected chi connectivity index (χ3v) is 4.59. The minimum Gasteiger partial charge on any atom is -0.504 e. The largest absolute Gasteiger partial charge is 0.504 e. The molecule has 1 heterocycles. The van der Waals surface area contributed by atoms with E-state index in [2.05, 4.69) is 47.6 Å². The lowest BCUT2D eigenvalue weighted by atomic mass is 9.79. The van der Waals surface area contributed by atoms with Crippen LogP contribution in [0.2, 0.25) is 0 Å². The first-order valence-corrected chi connectivity index (χ1v) is 8.85. The Hall–Kier alpha value is -2.49. The molecule has 4 nitrogen and oxygen atoms in total. The van der Waals surface area contributed by atoms with Crippen LogP contribution in [0, 0.1) is 0 Å². The van der Waals surface area contributed by atoms with Gasteiger partial charge in [-0.25, -0.2) is 4.98 Å². The molecule has 0 amide bonds. The summed E-state index contributed by atoms with van der Waals surface area (Å²) in [5, 5.41) is 10.9. The van der Waals surface area contributed by atoms with Crippen molar-refractivity contribution in [3.8, 4) is 23.0 Å². The summed E-state index contributed by atoms with van der Waals surface area (Å²) in [5.74, 6) is 1.30. The molecule has 4 heteroatoms. The first-order valence-electron chi connectivity index (χ1n) is 8.85. The molecule has 0 fully saturated rings. The van der Waals surface area contributed by atoms with Crippen LogP contribution in [-0.2, 0) is 10.8 Å². The van der Waals surface area contributed by atoms with Crippen molar-refractivity contribution in [3.63, 3.8) is 0 Å². The van der Waals surface area contributed by atoms with Crippen LogP contribution >= 0.6 is 0 Å². The second-order valence-corrected chi connectivity index (χ2v) is 8.72. The Morgan fingerprint density at radius 2 is 1.58 bits per heavy atom. The van der Waals surface area contributed by atoms with Crippen LogP contribution < -0.4 is 4.74 Å². The van der Waals surface area contributed by atoms with Gasteiger partial charge in [0.2, 0.25) is 5.89 Å². The number of hydrogen-bond donors (Lipinski definition) is 1. The molecule has 0 atom stereocenters. The summed E-state index contributed by atoms with van der Waals surface area (Å²) in [4.78, 5) is 4.74. The van der Waals surface area contributed by atoms with Gasteiger partial charge >= 0.3 is 0 Å². The van der Waals surface area contributed by atoms with Gasteiger partial charge in [0.25, 0.3) is 0 Å². The summed E-state index contributed by atoms with van der Waals surface area (Å²) >= 11 is 0. The van der Waals surface area contributed by atoms with Crippen LogP contribution in [0.1, 0.15) is 52.7 Å². The highest BCUT2D eigenvalue weighted by atomic mass is 16.5. The van der Waals surface area contributed by atoms with Crippen molar-refractivity contribution < 1.29 is 14.3 Å². The number of fused-ring (bicyclic) bond motifs is 1. The molecule has 0 aliphatic carbocycles. The summed E-state index contributed by atoms with van der Waals surface area (Å²) in [7, 11) is 1.62. The van der Waals surface area contributed by atoms with Crippen molar-refractivity contribution >= 4 is 11.1 Å². The molecule has 3 rings (SSSR count). The van der Waals surface area contributed by atoms with E-state index in [0.717, 1.165) is 16.7 Å². The van der Waals surface area contributed by atoms with Gasteiger partial charge < -0.3 is 14.3 Å². The molecule has 1 N–H and O–H groups in total. The number of phenolic OH excluding ortho intramolecular Hbond substituents is 1. The Labute approximate surface area is 154 Å². The topological polar surface area (TPSA) is 55.5 Å². The van der Waals surface area contributed by atoms with Gasteiger partial charge in [0.15, 0.2) is 11.3 Å². The number of nitrogens with zero attached hydrogens (tertiary/aromatic N) is 1. The highest BCUT2D eigenvalue weighted by molar-refractivity contribution is 5.88. The number of ether oxygens (including phenoxy) is 1. The maximum absolute atomic E-state index is 10.9. The molecule has 26 heavy (non-hydrogen) atoms. The molecule has 0 spiro atoms. The van der Waals surface area contributed by atoms with E-state index in [1.807, 2.05) is 24.3 Å². The summed E-state index contributed by atoms with van der Waals surface area (Å²) < 4.78 is 11.5. The minimum atomic E-state index is -0.213. The summed E-state index contributed by atoms with van der Waals surface area (Å²) in [6, 6.07) is 9.65. The van der Waals surface area contributed by atoms with Crippen LogP contribution in [0.3, 0.4) is 0 Å². The fraction of sp³-hybridized carbons (Fsp3) is 0.409. The molecular weight excluding hydrogens is 326 g/mol. The normalized spacial score (nSPS) is 12.6. The summed E-state index contributed by atoms with van der Waals surface area (Å²) in [5.41, 5.74) is 3.46. The molecule has 0 saturated carbocycles. The highest BCUT2D eigenvalue weighted by Gasteiger charge is 2.29. The lowest BCUT2D eigenvalue weighted by molar-refractivity contribution is 0.414. The van der Waals surface area contributed by atoms with Crippen molar-refractivity contribution in [1.82, 2.24) is 4.98 Å². The average Bonchev–Trinajstić information content (AvgIpc) is 2.98. The Morgan fingerprint density at radius 3 is 2.15 bits per heavy atom. The van der Waals surface area contributed by atoms with Crippen molar-refractivity contribution in [2.75, 3.05) is 7.11 Å². The standard InChI is InChI=1S/C22H27NO3/c1-21(2,3)14-12-15(22(4,5)6)18(24)19-17(14)23-20(26-19)13-10-8-9-11-16(13)25-7/h8-12,24H,1-7H3. The Kier molecular flexibility index (Phi) is 4.26. The van der Waals surface area contributed by atoms with Crippen molar-refractivity contribution in [2.45, 2.75) is 52.4 Å². The van der Waals surface area contributed by atoms with Gasteiger partial charge in [-0.05, 0) is 34.6 Å². The third-order valence-electron chi connectivity index (χ3n) is 4.59. The van der Waals surface area contributed by atoms with Gasteiger partial charge in [-0.2, -0.15) is 0 Å². The Balaban J connectivity index is 2.37. The molecule has 0 saturated heterocycles. The van der Waals surface area contributed by atoms with E-state index in [4.69, 9.17) is 14.1 Å². The molecule has 2 aromatic carbocycles. The van der Waals surface area contributed by atoms with E-state index in [0.29, 0.717) is 22.7 Å². The second-order valence-electron chi connectivity index (χ2n) is 8.72. The second kappa shape index (κ2) is 6.04. The number of phenols is 1. The lowest BCUT2D eigenvalue weighted by Crippen LogP contribution is -2.17. The van der Waals surface area contributed by atoms with E-state index in [-0.39, 0.29) is 16.6 Å². The van der Waals surface area contributed by atoms with Crippen LogP contribution in [0.4, 0.5) is 0 Å². The first kappa shape index (κ1) is 18.3. The number of para-hydroxylation sites is 1. The van der Waals surface area contributed by atoms with Gasteiger partial charge in [0.1, 0.15) is 11.3 Å². The molecule has 3 aromatic rings. The first-order chi connectivity index (χ1) is 12.0. The number of methoxy groups -OCH3 is 1. The van der Waals surface area contributed by atoms with E-state index >= 15 is 0 Å². The fourth-order valence-corrected chi connectivity index (χ4v) is 3.15. The predicted octanol–water partition coefficient (Wildman–Crippen LogP) is 5.80. The summed E-state index contributed by atoms with van der Waals surface area (Å²) in [6.07, 6.45) is 0. The smallest absolute Gasteiger partial charge is 0.231 e. The molecule has 0 unspecified atom stereocenters. The number of aromatic hydroxyl groups is 1. The zero-order valence-electron chi connectivity index (χ0n) is 16.6. The predicted molar refractivity (Wildman–Crippen MR) is 105 cm³/mol. The maximum Gasteiger partial charge on any atom is 0.231 e. The molecule has 138 valence electrons. The molecule has 1 aromatic heterocycles.